The molecule has 1 aliphatic carbocycles. The normalized spacial score (nSPS) is 27.5. The van der Waals surface area contributed by atoms with Crippen molar-refractivity contribution in [3.63, 3.8) is 0 Å². The molecular formula is C11H21NO3. The lowest BCUT2D eigenvalue weighted by molar-refractivity contribution is 0.0310. The molecule has 4 nitrogen and oxygen atoms in total. The van der Waals surface area contributed by atoms with Crippen LogP contribution in [0, 0.1) is 0 Å². The first-order valence-electron chi connectivity index (χ1n) is 5.52. The lowest BCUT2D eigenvalue weighted by Crippen LogP contribution is -2.52. The topological polar surface area (TPSA) is 60.8 Å². The van der Waals surface area contributed by atoms with Gasteiger partial charge in [-0.2, -0.15) is 0 Å². The van der Waals surface area contributed by atoms with Crippen LogP contribution in [0.25, 0.3) is 0 Å². The second-order valence-electron chi connectivity index (χ2n) is 5.29. The minimum absolute atomic E-state index is 0.0610. The van der Waals surface area contributed by atoms with E-state index >= 15 is 0 Å². The van der Waals surface area contributed by atoms with Crippen LogP contribution in [0.5, 0.6) is 0 Å². The monoisotopic (exact) mass is 215 g/mol. The molecule has 1 fully saturated rings. The van der Waals surface area contributed by atoms with E-state index in [0.717, 1.165) is 12.8 Å². The molecule has 2 N–H and O–H groups in total. The fourth-order valence-electron chi connectivity index (χ4n) is 2.31. The summed E-state index contributed by atoms with van der Waals surface area (Å²) in [6.07, 6.45) is 1.87. The molecule has 0 saturated heterocycles. The third kappa shape index (κ3) is 3.09. The number of aliphatic hydroxyl groups is 1. The Kier molecular flexibility index (Phi) is 3.60. The summed E-state index contributed by atoms with van der Waals surface area (Å²) in [7, 11) is 0. The van der Waals surface area contributed by atoms with E-state index in [1.165, 1.54) is 4.90 Å². The number of nitrogens with zero attached hydrogens (tertiary/aromatic N) is 1. The van der Waals surface area contributed by atoms with Gasteiger partial charge in [0.2, 0.25) is 0 Å². The molecule has 0 radical (unpaired) electrons. The summed E-state index contributed by atoms with van der Waals surface area (Å²) >= 11 is 0. The van der Waals surface area contributed by atoms with Crippen LogP contribution in [-0.2, 0) is 0 Å². The summed E-state index contributed by atoms with van der Waals surface area (Å²) in [6.45, 7) is 5.73. The van der Waals surface area contributed by atoms with E-state index in [1.54, 1.807) is 0 Å². The van der Waals surface area contributed by atoms with Gasteiger partial charge in [-0.1, -0.05) is 0 Å². The standard InChI is InChI=1S/C11H21NO3/c1-11(2,3)12(10(14)15)8-4-6-9(13)7-5-8/h8-9,13H,4-7H2,1-3H3,(H,14,15)/t8-,9-. The summed E-state index contributed by atoms with van der Waals surface area (Å²) in [6, 6.07) is 0.0610. The first kappa shape index (κ1) is 12.3. The zero-order valence-electron chi connectivity index (χ0n) is 9.73. The molecule has 88 valence electrons. The van der Waals surface area contributed by atoms with Crippen LogP contribution >= 0.6 is 0 Å². The Hall–Kier alpha value is -0.770. The van der Waals surface area contributed by atoms with E-state index in [1.807, 2.05) is 20.8 Å². The summed E-state index contributed by atoms with van der Waals surface area (Å²) in [5, 5.41) is 18.6. The number of hydrogen-bond acceptors (Lipinski definition) is 2. The quantitative estimate of drug-likeness (QED) is 0.704. The predicted octanol–water partition coefficient (Wildman–Crippen LogP) is 2.07. The van der Waals surface area contributed by atoms with E-state index in [-0.39, 0.29) is 17.7 Å². The molecule has 0 atom stereocenters. The molecular weight excluding hydrogens is 194 g/mol. The van der Waals surface area contributed by atoms with Gasteiger partial charge in [-0.3, -0.25) is 0 Å². The number of hydrogen-bond donors (Lipinski definition) is 2. The van der Waals surface area contributed by atoms with Crippen molar-refractivity contribution in [3.05, 3.63) is 0 Å². The van der Waals surface area contributed by atoms with Crippen LogP contribution in [0.3, 0.4) is 0 Å². The summed E-state index contributed by atoms with van der Waals surface area (Å²) in [5.74, 6) is 0. The summed E-state index contributed by atoms with van der Waals surface area (Å²) < 4.78 is 0. The maximum Gasteiger partial charge on any atom is 0.407 e. The molecule has 0 aliphatic heterocycles. The van der Waals surface area contributed by atoms with Gasteiger partial charge in [-0.25, -0.2) is 4.79 Å². The zero-order valence-corrected chi connectivity index (χ0v) is 9.73. The van der Waals surface area contributed by atoms with Crippen molar-refractivity contribution >= 4 is 6.09 Å². The molecule has 0 aromatic carbocycles. The lowest BCUT2D eigenvalue weighted by atomic mass is 9.89. The van der Waals surface area contributed by atoms with Crippen molar-refractivity contribution in [1.82, 2.24) is 4.90 Å². The Bertz CT molecular complexity index is 226. The molecule has 0 bridgehead atoms. The minimum Gasteiger partial charge on any atom is -0.465 e. The van der Waals surface area contributed by atoms with Gasteiger partial charge in [0.05, 0.1) is 6.10 Å². The van der Waals surface area contributed by atoms with Gasteiger partial charge in [-0.05, 0) is 46.5 Å². The lowest BCUT2D eigenvalue weighted by Gasteiger charge is -2.42. The maximum atomic E-state index is 11.2. The van der Waals surface area contributed by atoms with E-state index < -0.39 is 6.09 Å². The minimum atomic E-state index is -0.858. The Morgan fingerprint density at radius 3 is 2.00 bits per heavy atom. The van der Waals surface area contributed by atoms with Crippen molar-refractivity contribution in [1.29, 1.82) is 0 Å². The Balaban J connectivity index is 2.69. The molecule has 1 amide bonds. The van der Waals surface area contributed by atoms with Crippen molar-refractivity contribution < 1.29 is 15.0 Å². The van der Waals surface area contributed by atoms with Gasteiger partial charge in [0.1, 0.15) is 0 Å². The highest BCUT2D eigenvalue weighted by Crippen LogP contribution is 2.28. The number of aliphatic hydroxyl groups excluding tert-OH is 1. The van der Waals surface area contributed by atoms with Crippen LogP contribution in [0.15, 0.2) is 0 Å². The molecule has 15 heavy (non-hydrogen) atoms. The number of amides is 1. The van der Waals surface area contributed by atoms with E-state index in [0.29, 0.717) is 12.8 Å². The summed E-state index contributed by atoms with van der Waals surface area (Å²) in [4.78, 5) is 12.7. The molecule has 4 heteroatoms. The van der Waals surface area contributed by atoms with Crippen LogP contribution < -0.4 is 0 Å². The summed E-state index contributed by atoms with van der Waals surface area (Å²) in [5.41, 5.74) is -0.362. The van der Waals surface area contributed by atoms with Gasteiger partial charge < -0.3 is 15.1 Å². The first-order chi connectivity index (χ1) is 6.82. The van der Waals surface area contributed by atoms with Crippen LogP contribution in [0.4, 0.5) is 4.79 Å². The van der Waals surface area contributed by atoms with Gasteiger partial charge in [0, 0.05) is 11.6 Å². The highest BCUT2D eigenvalue weighted by atomic mass is 16.4. The van der Waals surface area contributed by atoms with Crippen molar-refractivity contribution in [2.45, 2.75) is 64.1 Å². The Morgan fingerprint density at radius 2 is 1.67 bits per heavy atom. The SMILES string of the molecule is CC(C)(C)N(C(=O)O)[C@H]1CC[C@H](O)CC1. The number of rotatable bonds is 1. The van der Waals surface area contributed by atoms with E-state index in [2.05, 4.69) is 0 Å². The third-order valence-electron chi connectivity index (χ3n) is 2.96. The van der Waals surface area contributed by atoms with Crippen molar-refractivity contribution in [3.8, 4) is 0 Å². The highest BCUT2D eigenvalue weighted by molar-refractivity contribution is 5.66. The van der Waals surface area contributed by atoms with Crippen molar-refractivity contribution in [2.24, 2.45) is 0 Å². The van der Waals surface area contributed by atoms with Gasteiger partial charge in [-0.15, -0.1) is 0 Å². The number of carboxylic acid groups (broad SMARTS) is 1. The average Bonchev–Trinajstić information content (AvgIpc) is 2.05. The van der Waals surface area contributed by atoms with Crippen LogP contribution in [0.2, 0.25) is 0 Å². The van der Waals surface area contributed by atoms with Gasteiger partial charge in [0.25, 0.3) is 0 Å². The fraction of sp³-hybridized carbons (Fsp3) is 0.909. The molecule has 0 aromatic rings. The molecule has 0 heterocycles. The van der Waals surface area contributed by atoms with E-state index in [9.17, 15) is 15.0 Å². The third-order valence-corrected chi connectivity index (χ3v) is 2.96. The molecule has 0 aromatic heterocycles. The molecule has 1 rings (SSSR count). The second kappa shape index (κ2) is 4.39. The smallest absolute Gasteiger partial charge is 0.407 e. The molecule has 1 saturated carbocycles. The van der Waals surface area contributed by atoms with Crippen molar-refractivity contribution in [2.75, 3.05) is 0 Å². The second-order valence-corrected chi connectivity index (χ2v) is 5.29. The van der Waals surface area contributed by atoms with E-state index in [4.69, 9.17) is 0 Å². The van der Waals surface area contributed by atoms with Crippen LogP contribution in [0.1, 0.15) is 46.5 Å². The van der Waals surface area contributed by atoms with Crippen LogP contribution in [-0.4, -0.2) is 38.9 Å². The highest BCUT2D eigenvalue weighted by Gasteiger charge is 2.35. The first-order valence-corrected chi connectivity index (χ1v) is 5.52. The molecule has 0 spiro atoms. The molecule has 1 aliphatic rings. The fourth-order valence-corrected chi connectivity index (χ4v) is 2.31. The average molecular weight is 215 g/mol. The maximum absolute atomic E-state index is 11.2. The zero-order chi connectivity index (χ0) is 11.6. The van der Waals surface area contributed by atoms with Gasteiger partial charge in [0.15, 0.2) is 0 Å². The predicted molar refractivity (Wildman–Crippen MR) is 57.9 cm³/mol. The Morgan fingerprint density at radius 1 is 1.20 bits per heavy atom. The van der Waals surface area contributed by atoms with Gasteiger partial charge >= 0.3 is 6.09 Å². The number of carbonyl (C=O) groups is 1. The Labute approximate surface area is 90.9 Å². The largest absolute Gasteiger partial charge is 0.465 e. The molecule has 0 unspecified atom stereocenters.